The Hall–Kier alpha value is -2.23. The molecule has 0 radical (unpaired) electrons. The maximum atomic E-state index is 12.6. The first-order valence-corrected chi connectivity index (χ1v) is 10.9. The normalized spacial score (nSPS) is 14.4. The number of para-hydroxylation sites is 1. The quantitative estimate of drug-likeness (QED) is 0.462. The zero-order chi connectivity index (χ0) is 21.1. The molecule has 5 rings (SSSR count). The molecule has 1 saturated heterocycles. The van der Waals surface area contributed by atoms with E-state index >= 15 is 0 Å². The Morgan fingerprint density at radius 1 is 1.13 bits per heavy atom. The van der Waals surface area contributed by atoms with Crippen LogP contribution in [0.15, 0.2) is 45.6 Å². The van der Waals surface area contributed by atoms with Crippen LogP contribution in [0.25, 0.3) is 31.9 Å². The lowest BCUT2D eigenvalue weighted by Crippen LogP contribution is -2.28. The van der Waals surface area contributed by atoms with E-state index in [0.29, 0.717) is 26.8 Å². The van der Waals surface area contributed by atoms with Gasteiger partial charge < -0.3 is 14.6 Å². The smallest absolute Gasteiger partial charge is 0.347 e. The number of benzene rings is 1. The average molecular weight is 465 g/mol. The van der Waals surface area contributed by atoms with E-state index in [1.807, 2.05) is 24.3 Å². The van der Waals surface area contributed by atoms with E-state index in [9.17, 15) is 4.79 Å². The first-order chi connectivity index (χ1) is 14.7. The number of thiazole rings is 1. The van der Waals surface area contributed by atoms with Crippen molar-refractivity contribution in [2.24, 2.45) is 0 Å². The Morgan fingerprint density at radius 2 is 2.00 bits per heavy atom. The van der Waals surface area contributed by atoms with Crippen LogP contribution in [-0.2, 0) is 0 Å². The number of aromatic nitrogens is 2. The Morgan fingerprint density at radius 3 is 2.83 bits per heavy atom. The molecule has 0 bridgehead atoms. The summed E-state index contributed by atoms with van der Waals surface area (Å²) in [4.78, 5) is 24.0. The largest absolute Gasteiger partial charge is 0.403 e. The van der Waals surface area contributed by atoms with Crippen molar-refractivity contribution in [2.75, 3.05) is 31.1 Å². The maximum Gasteiger partial charge on any atom is 0.347 e. The minimum atomic E-state index is -0.440. The third-order valence-corrected chi connectivity index (χ3v) is 6.21. The predicted molar refractivity (Wildman–Crippen MR) is 122 cm³/mol. The van der Waals surface area contributed by atoms with Gasteiger partial charge in [-0.05, 0) is 43.3 Å². The van der Waals surface area contributed by atoms with Gasteiger partial charge in [-0.3, -0.25) is 4.66 Å². The second kappa shape index (κ2) is 9.28. The van der Waals surface area contributed by atoms with Crippen molar-refractivity contribution in [2.45, 2.75) is 6.42 Å². The molecule has 0 saturated carbocycles. The summed E-state index contributed by atoms with van der Waals surface area (Å²) >= 11 is 11.3. The molecule has 0 unspecified atom stereocenters. The van der Waals surface area contributed by atoms with E-state index < -0.39 is 5.63 Å². The summed E-state index contributed by atoms with van der Waals surface area (Å²) in [6.07, 6.45) is 1.06. The molecule has 0 amide bonds. The van der Waals surface area contributed by atoms with Crippen LogP contribution in [-0.4, -0.2) is 40.8 Å². The van der Waals surface area contributed by atoms with Crippen molar-refractivity contribution < 1.29 is 9.08 Å². The van der Waals surface area contributed by atoms with E-state index in [1.54, 1.807) is 12.1 Å². The Balaban J connectivity index is 0.00000106. The highest BCUT2D eigenvalue weighted by Crippen LogP contribution is 2.33. The highest BCUT2D eigenvalue weighted by atomic mass is 35.5. The second-order valence-electron chi connectivity index (χ2n) is 6.71. The molecule has 1 fully saturated rings. The van der Waals surface area contributed by atoms with Crippen molar-refractivity contribution in [3.63, 3.8) is 0 Å². The van der Waals surface area contributed by atoms with Crippen LogP contribution >= 0.6 is 34.8 Å². The van der Waals surface area contributed by atoms with Gasteiger partial charge in [-0.15, -0.1) is 11.3 Å². The summed E-state index contributed by atoms with van der Waals surface area (Å²) < 4.78 is 13.0. The van der Waals surface area contributed by atoms with Gasteiger partial charge in [0.2, 0.25) is 5.71 Å². The van der Waals surface area contributed by atoms with Gasteiger partial charge in [0.15, 0.2) is 0 Å². The molecule has 4 heterocycles. The van der Waals surface area contributed by atoms with Crippen LogP contribution in [0, 0.1) is 0 Å². The summed E-state index contributed by atoms with van der Waals surface area (Å²) in [5.41, 5.74) is 1.04. The number of rotatable bonds is 2. The van der Waals surface area contributed by atoms with Gasteiger partial charge >= 0.3 is 5.63 Å². The zero-order valence-electron chi connectivity index (χ0n) is 15.8. The fraction of sp³-hybridized carbons (Fsp3) is 0.250. The molecule has 7 nitrogen and oxygen atoms in total. The molecule has 1 aliphatic heterocycles. The summed E-state index contributed by atoms with van der Waals surface area (Å²) in [6, 6.07) is 11.3. The molecule has 0 atom stereocenters. The molecule has 30 heavy (non-hydrogen) atoms. The van der Waals surface area contributed by atoms with Crippen molar-refractivity contribution in [1.82, 2.24) is 15.3 Å². The molecule has 156 valence electrons. The lowest BCUT2D eigenvalue weighted by molar-refractivity contribution is 0.551. The number of hydrogen-bond acceptors (Lipinski definition) is 8. The molecule has 0 aliphatic carbocycles. The van der Waals surface area contributed by atoms with Gasteiger partial charge in [0.05, 0.1) is 27.2 Å². The zero-order valence-corrected chi connectivity index (χ0v) is 18.1. The minimum Gasteiger partial charge on any atom is -0.403 e. The number of pyridine rings is 1. The average Bonchev–Trinajstić information content (AvgIpc) is 3.02. The minimum absolute atomic E-state index is 0.350. The SMILES string of the molecule is O=c1oc2nc(N3CCCNCC3)ccc2cc1-c1nc2c(Cl)cccc2s1.OCl. The number of halogens is 2. The summed E-state index contributed by atoms with van der Waals surface area (Å²) in [5, 5.41) is 5.32. The molecule has 3 aromatic heterocycles. The van der Waals surface area contributed by atoms with Crippen molar-refractivity contribution >= 4 is 61.9 Å². The first kappa shape index (κ1) is 21.0. The summed E-state index contributed by atoms with van der Waals surface area (Å²) in [5.74, 6) is 0.832. The van der Waals surface area contributed by atoms with Crippen molar-refractivity contribution in [1.29, 1.82) is 0 Å². The highest BCUT2D eigenvalue weighted by molar-refractivity contribution is 7.21. The summed E-state index contributed by atoms with van der Waals surface area (Å²) in [6.45, 7) is 3.74. The number of nitrogens with one attached hydrogen (secondary N) is 1. The molecule has 10 heteroatoms. The number of fused-ring (bicyclic) bond motifs is 2. The van der Waals surface area contributed by atoms with Gasteiger partial charge in [-0.1, -0.05) is 17.7 Å². The van der Waals surface area contributed by atoms with E-state index in [0.717, 1.165) is 48.5 Å². The second-order valence-corrected chi connectivity index (χ2v) is 8.15. The lowest BCUT2D eigenvalue weighted by atomic mass is 10.2. The molecular formula is C20H18Cl2N4O3S. The third-order valence-electron chi connectivity index (χ3n) is 4.85. The molecule has 2 N–H and O–H groups in total. The first-order valence-electron chi connectivity index (χ1n) is 9.32. The van der Waals surface area contributed by atoms with Gasteiger partial charge in [0.25, 0.3) is 0 Å². The third kappa shape index (κ3) is 4.14. The highest BCUT2D eigenvalue weighted by Gasteiger charge is 2.16. The fourth-order valence-electron chi connectivity index (χ4n) is 3.42. The number of hydrogen-bond donors (Lipinski definition) is 2. The fourth-order valence-corrected chi connectivity index (χ4v) is 4.69. The van der Waals surface area contributed by atoms with Gasteiger partial charge in [-0.2, -0.15) is 4.98 Å². The standard InChI is InChI=1S/C20H17ClN4O2S.ClHO/c21-14-3-1-4-15-17(14)24-19(28-15)13-11-12-5-6-16(23-18(12)27-20(13)26)25-9-2-7-22-8-10-25;1-2/h1,3-6,11,22H,2,7-10H2;2H. The Labute approximate surface area is 186 Å². The van der Waals surface area contributed by atoms with E-state index in [-0.39, 0.29) is 0 Å². The molecule has 0 spiro atoms. The van der Waals surface area contributed by atoms with Crippen LogP contribution in [0.5, 0.6) is 0 Å². The number of nitrogens with zero attached hydrogens (tertiary/aromatic N) is 3. The van der Waals surface area contributed by atoms with Crippen LogP contribution < -0.4 is 15.8 Å². The number of anilines is 1. The van der Waals surface area contributed by atoms with E-state index in [4.69, 9.17) is 20.7 Å². The summed E-state index contributed by atoms with van der Waals surface area (Å²) in [7, 11) is 0. The molecule has 1 aromatic carbocycles. The topological polar surface area (TPSA) is 91.5 Å². The molecule has 1 aliphatic rings. The van der Waals surface area contributed by atoms with Crippen LogP contribution in [0.1, 0.15) is 6.42 Å². The Kier molecular flexibility index (Phi) is 6.50. The lowest BCUT2D eigenvalue weighted by Gasteiger charge is -2.20. The Bertz CT molecular complexity index is 1240. The van der Waals surface area contributed by atoms with Crippen molar-refractivity contribution in [3.8, 4) is 10.6 Å². The van der Waals surface area contributed by atoms with E-state index in [2.05, 4.69) is 32.1 Å². The van der Waals surface area contributed by atoms with Crippen molar-refractivity contribution in [3.05, 3.63) is 51.8 Å². The molecule has 4 aromatic rings. The monoisotopic (exact) mass is 464 g/mol. The predicted octanol–water partition coefficient (Wildman–Crippen LogP) is 4.05. The van der Waals surface area contributed by atoms with Crippen LogP contribution in [0.3, 0.4) is 0 Å². The van der Waals surface area contributed by atoms with E-state index in [1.165, 1.54) is 11.3 Å². The maximum absolute atomic E-state index is 12.6. The van der Waals surface area contributed by atoms with Gasteiger partial charge in [-0.25, -0.2) is 9.78 Å². The van der Waals surface area contributed by atoms with Gasteiger partial charge in [0, 0.05) is 25.0 Å². The molecular weight excluding hydrogens is 447 g/mol. The van der Waals surface area contributed by atoms with Gasteiger partial charge in [0.1, 0.15) is 16.3 Å². The van der Waals surface area contributed by atoms with Crippen LogP contribution in [0.4, 0.5) is 5.82 Å². The van der Waals surface area contributed by atoms with Crippen LogP contribution in [0.2, 0.25) is 5.02 Å².